The van der Waals surface area contributed by atoms with E-state index in [1.54, 1.807) is 12.1 Å². The van der Waals surface area contributed by atoms with Crippen LogP contribution >= 0.6 is 0 Å². The monoisotopic (exact) mass is 438 g/mol. The van der Waals surface area contributed by atoms with Crippen LogP contribution in [0.15, 0.2) is 78.5 Å². The Morgan fingerprint density at radius 1 is 0.879 bits per heavy atom. The van der Waals surface area contributed by atoms with Gasteiger partial charge in [0.05, 0.1) is 5.52 Å². The minimum absolute atomic E-state index is 0.126. The highest BCUT2D eigenvalue weighted by atomic mass is 16.3. The Morgan fingerprint density at radius 2 is 1.55 bits per heavy atom. The molecule has 1 aliphatic heterocycles. The topological polar surface area (TPSA) is 74.5 Å². The van der Waals surface area contributed by atoms with E-state index in [-0.39, 0.29) is 11.2 Å². The number of nitrogens with zero attached hydrogens (tertiary/aromatic N) is 2. The molecule has 0 spiro atoms. The molecule has 1 N–H and O–H groups in total. The van der Waals surface area contributed by atoms with Crippen LogP contribution in [0, 0.1) is 5.92 Å². The van der Waals surface area contributed by atoms with Crippen LogP contribution in [0.25, 0.3) is 21.8 Å². The number of fused-ring (bicyclic) bond motifs is 4. The van der Waals surface area contributed by atoms with Crippen molar-refractivity contribution in [3.63, 3.8) is 0 Å². The van der Waals surface area contributed by atoms with E-state index in [1.807, 2.05) is 60.2 Å². The van der Waals surface area contributed by atoms with E-state index < -0.39 is 24.2 Å². The SMILES string of the molecule is CN1C(=CC2C([O-])C(n3c4ccccc4c4ccc(O)cc43)C2[O-])C(C)(C)c2ccccc21. The van der Waals surface area contributed by atoms with Crippen LogP contribution in [0.1, 0.15) is 25.5 Å². The average molecular weight is 439 g/mol. The van der Waals surface area contributed by atoms with Gasteiger partial charge in [-0.15, -0.1) is 12.2 Å². The zero-order chi connectivity index (χ0) is 23.1. The lowest BCUT2D eigenvalue weighted by atomic mass is 9.71. The number of aromatic nitrogens is 1. The highest BCUT2D eigenvalue weighted by Gasteiger charge is 2.43. The van der Waals surface area contributed by atoms with E-state index in [4.69, 9.17) is 0 Å². The summed E-state index contributed by atoms with van der Waals surface area (Å²) in [7, 11) is 2.00. The molecule has 0 amide bonds. The maximum Gasteiger partial charge on any atom is 0.117 e. The van der Waals surface area contributed by atoms with Crippen LogP contribution < -0.4 is 15.1 Å². The van der Waals surface area contributed by atoms with Crippen molar-refractivity contribution in [2.24, 2.45) is 5.92 Å². The summed E-state index contributed by atoms with van der Waals surface area (Å²) in [4.78, 5) is 2.11. The summed E-state index contributed by atoms with van der Waals surface area (Å²) >= 11 is 0. The van der Waals surface area contributed by atoms with Crippen LogP contribution in [-0.2, 0) is 5.41 Å². The minimum Gasteiger partial charge on any atom is -0.850 e. The smallest absolute Gasteiger partial charge is 0.117 e. The second-order valence-electron chi connectivity index (χ2n) is 9.84. The van der Waals surface area contributed by atoms with Crippen LogP contribution in [0.2, 0.25) is 0 Å². The predicted octanol–water partition coefficient (Wildman–Crippen LogP) is 3.44. The van der Waals surface area contributed by atoms with Crippen molar-refractivity contribution in [2.75, 3.05) is 11.9 Å². The Hall–Kier alpha value is -3.28. The van der Waals surface area contributed by atoms with E-state index in [0.29, 0.717) is 0 Å². The van der Waals surface area contributed by atoms with Gasteiger partial charge in [0.15, 0.2) is 0 Å². The molecule has 0 saturated heterocycles. The first-order valence-electron chi connectivity index (χ1n) is 11.4. The molecule has 168 valence electrons. The third-order valence-electron chi connectivity index (χ3n) is 7.72. The second kappa shape index (κ2) is 6.86. The molecule has 2 aliphatic rings. The number of allylic oxidation sites excluding steroid dienone is 1. The summed E-state index contributed by atoms with van der Waals surface area (Å²) in [5, 5.41) is 39.2. The molecular weight excluding hydrogens is 412 g/mol. The fourth-order valence-corrected chi connectivity index (χ4v) is 5.96. The number of benzene rings is 3. The maximum atomic E-state index is 13.6. The molecule has 5 heteroatoms. The number of likely N-dealkylation sites (N-methyl/N-ethyl adjacent to an activating group) is 1. The first-order chi connectivity index (χ1) is 15.8. The molecule has 2 unspecified atom stereocenters. The lowest BCUT2D eigenvalue weighted by molar-refractivity contribution is -0.550. The summed E-state index contributed by atoms with van der Waals surface area (Å²) in [5.74, 6) is -0.476. The quantitative estimate of drug-likeness (QED) is 0.520. The number of para-hydroxylation sites is 2. The third kappa shape index (κ3) is 2.66. The Labute approximate surface area is 192 Å². The van der Waals surface area contributed by atoms with E-state index in [9.17, 15) is 15.3 Å². The van der Waals surface area contributed by atoms with E-state index in [0.717, 1.165) is 33.2 Å². The summed E-state index contributed by atoms with van der Waals surface area (Å²) in [5.41, 5.74) is 4.66. The second-order valence-corrected chi connectivity index (χ2v) is 9.84. The highest BCUT2D eigenvalue weighted by Crippen LogP contribution is 2.49. The van der Waals surface area contributed by atoms with E-state index in [1.165, 1.54) is 5.56 Å². The first kappa shape index (κ1) is 20.3. The maximum absolute atomic E-state index is 13.6. The number of aromatic hydroxyl groups is 1. The van der Waals surface area contributed by atoms with Crippen molar-refractivity contribution in [2.45, 2.75) is 37.5 Å². The lowest BCUT2D eigenvalue weighted by Gasteiger charge is -2.61. The highest BCUT2D eigenvalue weighted by molar-refractivity contribution is 6.08. The Balaban J connectivity index is 1.42. The van der Waals surface area contributed by atoms with Crippen molar-refractivity contribution >= 4 is 27.5 Å². The predicted molar refractivity (Wildman–Crippen MR) is 127 cm³/mol. The molecule has 1 saturated carbocycles. The van der Waals surface area contributed by atoms with Gasteiger partial charge in [0.1, 0.15) is 5.75 Å². The van der Waals surface area contributed by atoms with Crippen molar-refractivity contribution in [3.05, 3.63) is 84.1 Å². The van der Waals surface area contributed by atoms with Gasteiger partial charge in [-0.2, -0.15) is 0 Å². The number of rotatable bonds is 2. The van der Waals surface area contributed by atoms with Crippen LogP contribution in [0.3, 0.4) is 0 Å². The molecule has 2 heterocycles. The Morgan fingerprint density at radius 3 is 2.30 bits per heavy atom. The van der Waals surface area contributed by atoms with E-state index in [2.05, 4.69) is 30.9 Å². The Bertz CT molecular complexity index is 1420. The number of phenolic OH excluding ortho intramolecular Hbond substituents is 1. The molecule has 2 atom stereocenters. The van der Waals surface area contributed by atoms with Gasteiger partial charge in [0, 0.05) is 52.2 Å². The number of phenols is 1. The summed E-state index contributed by atoms with van der Waals surface area (Å²) in [6.45, 7) is 4.29. The molecule has 0 bridgehead atoms. The summed E-state index contributed by atoms with van der Waals surface area (Å²) in [6.07, 6.45) is -0.194. The zero-order valence-electron chi connectivity index (χ0n) is 18.9. The first-order valence-corrected chi connectivity index (χ1v) is 11.4. The largest absolute Gasteiger partial charge is 0.850 e. The number of hydrogen-bond acceptors (Lipinski definition) is 4. The zero-order valence-corrected chi connectivity index (χ0v) is 18.9. The van der Waals surface area contributed by atoms with Crippen LogP contribution in [0.4, 0.5) is 5.69 Å². The molecule has 3 aromatic carbocycles. The molecular formula is C28H26N2O3-2. The fraction of sp³-hybridized carbons (Fsp3) is 0.286. The molecule has 1 aromatic heterocycles. The fourth-order valence-electron chi connectivity index (χ4n) is 5.96. The van der Waals surface area contributed by atoms with Crippen molar-refractivity contribution in [3.8, 4) is 5.75 Å². The van der Waals surface area contributed by atoms with E-state index >= 15 is 0 Å². The van der Waals surface area contributed by atoms with Gasteiger partial charge in [-0.3, -0.25) is 0 Å². The molecule has 1 aliphatic carbocycles. The van der Waals surface area contributed by atoms with Gasteiger partial charge < -0.3 is 24.8 Å². The van der Waals surface area contributed by atoms with Gasteiger partial charge >= 0.3 is 0 Å². The Kier molecular flexibility index (Phi) is 4.23. The van der Waals surface area contributed by atoms with Crippen molar-refractivity contribution in [1.82, 2.24) is 4.57 Å². The molecule has 0 radical (unpaired) electrons. The van der Waals surface area contributed by atoms with Gasteiger partial charge in [0.25, 0.3) is 0 Å². The van der Waals surface area contributed by atoms with Crippen LogP contribution in [0.5, 0.6) is 5.75 Å². The van der Waals surface area contributed by atoms with Gasteiger partial charge in [-0.05, 0) is 35.7 Å². The third-order valence-corrected chi connectivity index (χ3v) is 7.72. The molecule has 33 heavy (non-hydrogen) atoms. The minimum atomic E-state index is -1.06. The molecule has 1 fully saturated rings. The molecule has 5 nitrogen and oxygen atoms in total. The summed E-state index contributed by atoms with van der Waals surface area (Å²) < 4.78 is 1.87. The average Bonchev–Trinajstić information content (AvgIpc) is 3.21. The van der Waals surface area contributed by atoms with Gasteiger partial charge in [-0.25, -0.2) is 0 Å². The van der Waals surface area contributed by atoms with Gasteiger partial charge in [-0.1, -0.05) is 56.3 Å². The standard InChI is InChI=1S/C28H26N2O3/c1-28(2)20-9-5-7-11-22(20)29(3)24(28)15-19-26(32)25(27(19)33)30-21-10-6-4-8-17(21)18-13-12-16(31)14-23(18)30/h4-15,19,25-27,31H,1-3H3/q-2. The normalized spacial score (nSPS) is 27.3. The number of hydrogen-bond donors (Lipinski definition) is 1. The molecule has 6 rings (SSSR count). The van der Waals surface area contributed by atoms with Gasteiger partial charge in [0.2, 0.25) is 0 Å². The van der Waals surface area contributed by atoms with Crippen molar-refractivity contribution < 1.29 is 15.3 Å². The molecule has 4 aromatic rings. The summed E-state index contributed by atoms with van der Waals surface area (Å²) in [6, 6.07) is 20.5. The number of anilines is 1. The van der Waals surface area contributed by atoms with Crippen LogP contribution in [-0.4, -0.2) is 28.9 Å². The lowest BCUT2D eigenvalue weighted by Crippen LogP contribution is -2.66. The van der Waals surface area contributed by atoms with Crippen molar-refractivity contribution in [1.29, 1.82) is 0 Å².